The van der Waals surface area contributed by atoms with E-state index in [0.29, 0.717) is 27.3 Å². The summed E-state index contributed by atoms with van der Waals surface area (Å²) in [4.78, 5) is 23.9. The predicted octanol–water partition coefficient (Wildman–Crippen LogP) is 3.86. The van der Waals surface area contributed by atoms with Crippen LogP contribution in [0.25, 0.3) is 0 Å². The Morgan fingerprint density at radius 1 is 1.36 bits per heavy atom. The van der Waals surface area contributed by atoms with E-state index >= 15 is 0 Å². The minimum absolute atomic E-state index is 0.398. The molecule has 3 amide bonds. The normalized spacial score (nSPS) is 19.1. The van der Waals surface area contributed by atoms with Crippen molar-refractivity contribution in [3.05, 3.63) is 52.6 Å². The van der Waals surface area contributed by atoms with Crippen LogP contribution in [-0.4, -0.2) is 22.2 Å². The first-order valence-electron chi connectivity index (χ1n) is 7.56. The lowest BCUT2D eigenvalue weighted by Crippen LogP contribution is -2.44. The number of rotatable bonds is 4. The molecule has 25 heavy (non-hydrogen) atoms. The van der Waals surface area contributed by atoms with Gasteiger partial charge in [0.25, 0.3) is 5.91 Å². The van der Waals surface area contributed by atoms with E-state index in [-0.39, 0.29) is 0 Å². The van der Waals surface area contributed by atoms with Gasteiger partial charge in [-0.15, -0.1) is 0 Å². The third kappa shape index (κ3) is 5.72. The Balaban J connectivity index is 1.84. The average molecular weight is 476 g/mol. The highest BCUT2D eigenvalue weighted by atomic mass is 127. The van der Waals surface area contributed by atoms with Crippen molar-refractivity contribution in [2.45, 2.75) is 25.9 Å². The van der Waals surface area contributed by atoms with Gasteiger partial charge in [-0.3, -0.25) is 10.2 Å². The summed E-state index contributed by atoms with van der Waals surface area (Å²) in [5.74, 6) is -0.398. The Morgan fingerprint density at radius 2 is 2.12 bits per heavy atom. The molecule has 0 aliphatic heterocycles. The fraction of sp³-hybridized carbons (Fsp3) is 0.294. The number of carbonyl (C=O) groups is 2. The molecule has 1 atom stereocenters. The summed E-state index contributed by atoms with van der Waals surface area (Å²) in [6, 6.07) is 4.59. The predicted molar refractivity (Wildman–Crippen MR) is 107 cm³/mol. The molecule has 0 heterocycles. The highest BCUT2D eigenvalue weighted by Crippen LogP contribution is 2.25. The van der Waals surface area contributed by atoms with Crippen LogP contribution < -0.4 is 16.2 Å². The standard InChI is InChI=1S/C17H19ClIN3O3/c1-11-3-4-13(9-14(11)18)20-16(24)22-21-15(23)12-5-7-17(2,8-6-12)25-10-19/h3-7,9H,8,10H2,1-2H3,(H,21,23)(H2,20,22,24). The molecule has 0 aromatic heterocycles. The van der Waals surface area contributed by atoms with Gasteiger partial charge in [0.05, 0.1) is 10.2 Å². The number of hydrazine groups is 1. The monoisotopic (exact) mass is 475 g/mol. The van der Waals surface area contributed by atoms with E-state index in [4.69, 9.17) is 16.3 Å². The van der Waals surface area contributed by atoms with Crippen LogP contribution in [0.15, 0.2) is 42.0 Å². The van der Waals surface area contributed by atoms with E-state index in [0.717, 1.165) is 5.56 Å². The molecular formula is C17H19ClIN3O3. The Bertz CT molecular complexity index is 736. The Labute approximate surface area is 165 Å². The maximum Gasteiger partial charge on any atom is 0.337 e. The van der Waals surface area contributed by atoms with Crippen molar-refractivity contribution < 1.29 is 14.3 Å². The molecule has 1 aliphatic carbocycles. The quantitative estimate of drug-likeness (QED) is 0.352. The van der Waals surface area contributed by atoms with Crippen molar-refractivity contribution in [2.75, 3.05) is 9.93 Å². The van der Waals surface area contributed by atoms with Crippen molar-refractivity contribution in [3.8, 4) is 0 Å². The van der Waals surface area contributed by atoms with Gasteiger partial charge < -0.3 is 10.1 Å². The number of urea groups is 1. The summed E-state index contributed by atoms with van der Waals surface area (Å²) < 4.78 is 6.18. The SMILES string of the molecule is Cc1ccc(NC(=O)NNC(=O)C2=CCC(C)(OCI)C=C2)cc1Cl. The summed E-state index contributed by atoms with van der Waals surface area (Å²) in [7, 11) is 0. The second-order valence-electron chi connectivity index (χ2n) is 5.76. The second-order valence-corrected chi connectivity index (χ2v) is 6.79. The zero-order chi connectivity index (χ0) is 18.4. The lowest BCUT2D eigenvalue weighted by molar-refractivity contribution is -0.117. The van der Waals surface area contributed by atoms with Crippen molar-refractivity contribution in [2.24, 2.45) is 0 Å². The van der Waals surface area contributed by atoms with Crippen LogP contribution in [0.2, 0.25) is 5.02 Å². The van der Waals surface area contributed by atoms with Gasteiger partial charge in [0.1, 0.15) is 0 Å². The first-order valence-corrected chi connectivity index (χ1v) is 9.46. The van der Waals surface area contributed by atoms with E-state index in [2.05, 4.69) is 38.8 Å². The maximum absolute atomic E-state index is 12.1. The first-order chi connectivity index (χ1) is 11.8. The molecule has 0 bridgehead atoms. The molecule has 6 nitrogen and oxygen atoms in total. The fourth-order valence-electron chi connectivity index (χ4n) is 2.13. The lowest BCUT2D eigenvalue weighted by Gasteiger charge is -2.27. The number of aryl methyl sites for hydroxylation is 1. The third-order valence-corrected chi connectivity index (χ3v) is 4.43. The van der Waals surface area contributed by atoms with Crippen LogP contribution in [0.1, 0.15) is 18.9 Å². The van der Waals surface area contributed by atoms with E-state index in [1.807, 2.05) is 19.9 Å². The Hall–Kier alpha value is -1.58. The summed E-state index contributed by atoms with van der Waals surface area (Å²) in [5, 5.41) is 3.14. The summed E-state index contributed by atoms with van der Waals surface area (Å²) >= 11 is 8.14. The molecule has 1 aromatic rings. The van der Waals surface area contributed by atoms with E-state index in [1.54, 1.807) is 30.4 Å². The topological polar surface area (TPSA) is 79.5 Å². The summed E-state index contributed by atoms with van der Waals surface area (Å²) in [6.45, 7) is 3.82. The lowest BCUT2D eigenvalue weighted by atomic mass is 9.93. The van der Waals surface area contributed by atoms with Crippen LogP contribution in [0.4, 0.5) is 10.5 Å². The first kappa shape index (κ1) is 19.7. The molecule has 0 fully saturated rings. The molecule has 1 aliphatic rings. The van der Waals surface area contributed by atoms with Crippen molar-refractivity contribution in [3.63, 3.8) is 0 Å². The molecular weight excluding hydrogens is 457 g/mol. The minimum atomic E-state index is -0.563. The van der Waals surface area contributed by atoms with E-state index < -0.39 is 17.5 Å². The van der Waals surface area contributed by atoms with Crippen LogP contribution in [0.5, 0.6) is 0 Å². The molecule has 0 spiro atoms. The number of carbonyl (C=O) groups excluding carboxylic acids is 2. The number of nitrogens with one attached hydrogen (secondary N) is 3. The number of hydrogen-bond acceptors (Lipinski definition) is 3. The highest BCUT2D eigenvalue weighted by molar-refractivity contribution is 14.1. The zero-order valence-electron chi connectivity index (χ0n) is 13.9. The van der Waals surface area contributed by atoms with E-state index in [1.165, 1.54) is 0 Å². The molecule has 3 N–H and O–H groups in total. The van der Waals surface area contributed by atoms with Gasteiger partial charge in [-0.05, 0) is 38.0 Å². The number of amides is 3. The van der Waals surface area contributed by atoms with Gasteiger partial charge in [-0.2, -0.15) is 0 Å². The smallest absolute Gasteiger partial charge is 0.337 e. The second kappa shape index (κ2) is 8.68. The number of alkyl halides is 1. The van der Waals surface area contributed by atoms with Gasteiger partial charge in [-0.1, -0.05) is 58.5 Å². The average Bonchev–Trinajstić information content (AvgIpc) is 2.57. The molecule has 0 saturated heterocycles. The van der Waals surface area contributed by atoms with Gasteiger partial charge in [0, 0.05) is 16.3 Å². The number of benzene rings is 1. The number of halogens is 2. The summed E-state index contributed by atoms with van der Waals surface area (Å²) in [5.41, 5.74) is 6.18. The molecule has 1 unspecified atom stereocenters. The molecule has 0 saturated carbocycles. The van der Waals surface area contributed by atoms with Crippen molar-refractivity contribution >= 4 is 51.8 Å². The fourth-order valence-corrected chi connectivity index (χ4v) is 3.03. The van der Waals surface area contributed by atoms with Crippen LogP contribution >= 0.6 is 34.2 Å². The van der Waals surface area contributed by atoms with Crippen LogP contribution in [0.3, 0.4) is 0 Å². The maximum atomic E-state index is 12.1. The third-order valence-electron chi connectivity index (χ3n) is 3.71. The largest absolute Gasteiger partial charge is 0.361 e. The molecule has 2 rings (SSSR count). The van der Waals surface area contributed by atoms with Crippen LogP contribution in [0, 0.1) is 6.92 Å². The van der Waals surface area contributed by atoms with Gasteiger partial charge >= 0.3 is 6.03 Å². The number of ether oxygens (including phenoxy) is 1. The van der Waals surface area contributed by atoms with E-state index in [9.17, 15) is 9.59 Å². The van der Waals surface area contributed by atoms with Gasteiger partial charge in [0.15, 0.2) is 0 Å². The van der Waals surface area contributed by atoms with Gasteiger partial charge in [-0.25, -0.2) is 10.2 Å². The Kier molecular flexibility index (Phi) is 6.86. The highest BCUT2D eigenvalue weighted by Gasteiger charge is 2.24. The number of hydrogen-bond donors (Lipinski definition) is 3. The molecule has 1 aromatic carbocycles. The summed E-state index contributed by atoms with van der Waals surface area (Å²) in [6.07, 6.45) is 5.89. The molecule has 134 valence electrons. The minimum Gasteiger partial charge on any atom is -0.361 e. The van der Waals surface area contributed by atoms with Gasteiger partial charge in [0.2, 0.25) is 0 Å². The zero-order valence-corrected chi connectivity index (χ0v) is 16.8. The van der Waals surface area contributed by atoms with Crippen molar-refractivity contribution in [1.82, 2.24) is 10.9 Å². The van der Waals surface area contributed by atoms with Crippen LogP contribution in [-0.2, 0) is 9.53 Å². The molecule has 8 heteroatoms. The number of anilines is 1. The van der Waals surface area contributed by atoms with Crippen molar-refractivity contribution in [1.29, 1.82) is 0 Å². The Morgan fingerprint density at radius 3 is 2.72 bits per heavy atom. The molecule has 0 radical (unpaired) electrons.